The second kappa shape index (κ2) is 8.36. The Morgan fingerprint density at radius 2 is 1.79 bits per heavy atom. The van der Waals surface area contributed by atoms with Crippen LogP contribution in [0.5, 0.6) is 0 Å². The Balaban J connectivity index is 1.74. The Morgan fingerprint density at radius 3 is 2.54 bits per heavy atom. The van der Waals surface area contributed by atoms with Crippen LogP contribution in [0, 0.1) is 0 Å². The van der Waals surface area contributed by atoms with Crippen molar-refractivity contribution in [1.82, 2.24) is 15.4 Å². The molecule has 0 aliphatic rings. The fraction of sp³-hybridized carbons (Fsp3) is 0.0526. The van der Waals surface area contributed by atoms with Crippen LogP contribution in [-0.2, 0) is 0 Å². The highest BCUT2D eigenvalue weighted by atomic mass is 35.5. The largest absolute Gasteiger partial charge is 0.393 e. The molecule has 8 nitrogen and oxygen atoms in total. The predicted molar refractivity (Wildman–Crippen MR) is 109 cm³/mol. The number of ketones is 1. The summed E-state index contributed by atoms with van der Waals surface area (Å²) in [6.45, 7) is 1.49. The molecule has 0 atom stereocenters. The van der Waals surface area contributed by atoms with E-state index in [9.17, 15) is 9.59 Å². The van der Waals surface area contributed by atoms with E-state index in [-0.39, 0.29) is 17.3 Å². The highest BCUT2D eigenvalue weighted by Gasteiger charge is 2.12. The minimum Gasteiger partial charge on any atom is -0.393 e. The number of carbonyl (C=O) groups excluding carboxylic acids is 2. The normalized spacial score (nSPS) is 10.2. The number of rotatable bonds is 6. The molecule has 0 aliphatic heterocycles. The van der Waals surface area contributed by atoms with Crippen molar-refractivity contribution in [2.75, 3.05) is 16.5 Å². The van der Waals surface area contributed by atoms with Gasteiger partial charge in [0.25, 0.3) is 5.91 Å². The van der Waals surface area contributed by atoms with E-state index in [1.165, 1.54) is 13.3 Å². The van der Waals surface area contributed by atoms with E-state index < -0.39 is 5.91 Å². The first-order valence-electron chi connectivity index (χ1n) is 8.25. The standard InChI is InChI=1S/C19H17ClN6O2/c1-11(27)12-5-4-6-13(9-12)24-17-16(21)18(23-10-22-17)25-26-19(28)14-7-2-3-8-15(14)20/h2-10H,21H2,1H3,(H,26,28)(H2,22,23,24,25). The summed E-state index contributed by atoms with van der Waals surface area (Å²) < 4.78 is 0. The van der Waals surface area contributed by atoms with Crippen LogP contribution in [0.2, 0.25) is 5.02 Å². The molecule has 0 fully saturated rings. The summed E-state index contributed by atoms with van der Waals surface area (Å²) in [7, 11) is 0. The summed E-state index contributed by atoms with van der Waals surface area (Å²) in [4.78, 5) is 31.9. The number of nitrogens with two attached hydrogens (primary N) is 1. The smallest absolute Gasteiger partial charge is 0.271 e. The van der Waals surface area contributed by atoms with Gasteiger partial charge in [0.2, 0.25) is 0 Å². The van der Waals surface area contributed by atoms with E-state index in [1.54, 1.807) is 48.5 Å². The van der Waals surface area contributed by atoms with Crippen LogP contribution in [0.1, 0.15) is 27.6 Å². The molecule has 2 aromatic carbocycles. The van der Waals surface area contributed by atoms with E-state index in [4.69, 9.17) is 17.3 Å². The summed E-state index contributed by atoms with van der Waals surface area (Å²) in [5.41, 5.74) is 13.0. The van der Waals surface area contributed by atoms with E-state index in [1.807, 2.05) is 0 Å². The molecule has 0 aliphatic carbocycles. The van der Waals surface area contributed by atoms with E-state index in [2.05, 4.69) is 26.1 Å². The van der Waals surface area contributed by atoms with Crippen molar-refractivity contribution in [3.8, 4) is 0 Å². The number of nitrogens with zero attached hydrogens (tertiary/aromatic N) is 2. The number of amides is 1. The number of nitrogen functional groups attached to an aromatic ring is 1. The number of aromatic nitrogens is 2. The number of Topliss-reactive ketones (excluding diaryl/α,β-unsaturated/α-hetero) is 1. The van der Waals surface area contributed by atoms with Crippen molar-refractivity contribution in [2.24, 2.45) is 0 Å². The van der Waals surface area contributed by atoms with Crippen molar-refractivity contribution in [1.29, 1.82) is 0 Å². The molecule has 3 aromatic rings. The lowest BCUT2D eigenvalue weighted by atomic mass is 10.1. The van der Waals surface area contributed by atoms with Crippen molar-refractivity contribution in [2.45, 2.75) is 6.92 Å². The van der Waals surface area contributed by atoms with Gasteiger partial charge in [0.1, 0.15) is 12.0 Å². The van der Waals surface area contributed by atoms with Gasteiger partial charge in [0.05, 0.1) is 10.6 Å². The third-order valence-electron chi connectivity index (χ3n) is 3.83. The number of hydrogen-bond donors (Lipinski definition) is 4. The van der Waals surface area contributed by atoms with Gasteiger partial charge in [0, 0.05) is 11.3 Å². The fourth-order valence-corrected chi connectivity index (χ4v) is 2.60. The maximum Gasteiger partial charge on any atom is 0.271 e. The number of halogens is 1. The molecule has 28 heavy (non-hydrogen) atoms. The number of hydrogen-bond acceptors (Lipinski definition) is 7. The molecule has 1 aromatic heterocycles. The molecule has 0 unspecified atom stereocenters. The van der Waals surface area contributed by atoms with E-state index in [0.29, 0.717) is 27.7 Å². The summed E-state index contributed by atoms with van der Waals surface area (Å²) in [6.07, 6.45) is 1.29. The van der Waals surface area contributed by atoms with E-state index >= 15 is 0 Å². The molecule has 1 amide bonds. The lowest BCUT2D eigenvalue weighted by molar-refractivity contribution is 0.0961. The first-order valence-corrected chi connectivity index (χ1v) is 8.63. The summed E-state index contributed by atoms with van der Waals surface area (Å²) in [5.74, 6) is 0.0436. The average molecular weight is 397 g/mol. The molecule has 9 heteroatoms. The van der Waals surface area contributed by atoms with Crippen molar-refractivity contribution < 1.29 is 9.59 Å². The number of hydrazine groups is 1. The first kappa shape index (κ1) is 19.1. The van der Waals surface area contributed by atoms with Gasteiger partial charge >= 0.3 is 0 Å². The van der Waals surface area contributed by atoms with Gasteiger partial charge in [-0.1, -0.05) is 35.9 Å². The maximum atomic E-state index is 12.2. The summed E-state index contributed by atoms with van der Waals surface area (Å²) in [6, 6.07) is 13.6. The van der Waals surface area contributed by atoms with Crippen LogP contribution in [0.4, 0.5) is 23.0 Å². The molecule has 3 rings (SSSR count). The van der Waals surface area contributed by atoms with Crippen molar-refractivity contribution in [3.63, 3.8) is 0 Å². The highest BCUT2D eigenvalue weighted by molar-refractivity contribution is 6.33. The topological polar surface area (TPSA) is 122 Å². The lowest BCUT2D eigenvalue weighted by Crippen LogP contribution is -2.30. The van der Waals surface area contributed by atoms with Gasteiger partial charge < -0.3 is 11.1 Å². The minimum atomic E-state index is -0.438. The SMILES string of the molecule is CC(=O)c1cccc(Nc2ncnc(NNC(=O)c3ccccc3Cl)c2N)c1. The van der Waals surface area contributed by atoms with Crippen LogP contribution in [0.25, 0.3) is 0 Å². The van der Waals surface area contributed by atoms with Gasteiger partial charge in [-0.05, 0) is 31.2 Å². The predicted octanol–water partition coefficient (Wildman–Crippen LogP) is 3.42. The Morgan fingerprint density at radius 1 is 1.04 bits per heavy atom. The summed E-state index contributed by atoms with van der Waals surface area (Å²) >= 11 is 6.01. The second-order valence-electron chi connectivity index (χ2n) is 5.81. The van der Waals surface area contributed by atoms with Crippen molar-refractivity contribution >= 4 is 46.3 Å². The first-order chi connectivity index (χ1) is 13.5. The molecule has 0 saturated carbocycles. The second-order valence-corrected chi connectivity index (χ2v) is 6.21. The molecule has 142 valence electrons. The molecule has 1 heterocycles. The number of benzene rings is 2. The highest BCUT2D eigenvalue weighted by Crippen LogP contribution is 2.26. The van der Waals surface area contributed by atoms with Crippen molar-refractivity contribution in [3.05, 3.63) is 71.0 Å². The van der Waals surface area contributed by atoms with Gasteiger partial charge in [-0.3, -0.25) is 20.4 Å². The molecule has 5 N–H and O–H groups in total. The Labute approximate surface area is 166 Å². The minimum absolute atomic E-state index is 0.0519. The van der Waals surface area contributed by atoms with Gasteiger partial charge in [-0.15, -0.1) is 0 Å². The Kier molecular flexibility index (Phi) is 5.71. The van der Waals surface area contributed by atoms with Crippen LogP contribution in [0.15, 0.2) is 54.9 Å². The van der Waals surface area contributed by atoms with Crippen LogP contribution < -0.4 is 21.9 Å². The third kappa shape index (κ3) is 4.36. The molecule has 0 radical (unpaired) electrons. The molecule has 0 bridgehead atoms. The fourth-order valence-electron chi connectivity index (χ4n) is 2.38. The lowest BCUT2D eigenvalue weighted by Gasteiger charge is -2.13. The van der Waals surface area contributed by atoms with Gasteiger partial charge in [0.15, 0.2) is 17.4 Å². The zero-order valence-corrected chi connectivity index (χ0v) is 15.6. The number of carbonyl (C=O) groups is 2. The number of anilines is 4. The maximum absolute atomic E-state index is 12.2. The zero-order chi connectivity index (χ0) is 20.1. The summed E-state index contributed by atoms with van der Waals surface area (Å²) in [5, 5.41) is 3.36. The van der Waals surface area contributed by atoms with Crippen LogP contribution >= 0.6 is 11.6 Å². The molecular formula is C19H17ClN6O2. The molecular weight excluding hydrogens is 380 g/mol. The molecule has 0 spiro atoms. The van der Waals surface area contributed by atoms with Gasteiger partial charge in [-0.25, -0.2) is 9.97 Å². The monoisotopic (exact) mass is 396 g/mol. The van der Waals surface area contributed by atoms with E-state index in [0.717, 1.165) is 0 Å². The van der Waals surface area contributed by atoms with Crippen LogP contribution in [0.3, 0.4) is 0 Å². The molecule has 0 saturated heterocycles. The van der Waals surface area contributed by atoms with Gasteiger partial charge in [-0.2, -0.15) is 0 Å². The zero-order valence-electron chi connectivity index (χ0n) is 14.9. The average Bonchev–Trinajstić information content (AvgIpc) is 2.69. The number of nitrogens with one attached hydrogen (secondary N) is 3. The Bertz CT molecular complexity index is 1040. The third-order valence-corrected chi connectivity index (χ3v) is 4.16. The Hall–Kier alpha value is -3.65. The van der Waals surface area contributed by atoms with Crippen LogP contribution in [-0.4, -0.2) is 21.7 Å². The quantitative estimate of drug-likeness (QED) is 0.372.